The third-order valence-electron chi connectivity index (χ3n) is 4.98. The fraction of sp³-hybridized carbons (Fsp3) is 0.333. The van der Waals surface area contributed by atoms with Gasteiger partial charge in [-0.2, -0.15) is 0 Å². The monoisotopic (exact) mass is 450 g/mol. The zero-order chi connectivity index (χ0) is 21.7. The van der Waals surface area contributed by atoms with Crippen molar-refractivity contribution in [3.8, 4) is 0 Å². The van der Waals surface area contributed by atoms with Crippen molar-refractivity contribution in [1.82, 2.24) is 4.31 Å². The molecule has 0 unspecified atom stereocenters. The molecule has 3 rings (SSSR count). The summed E-state index contributed by atoms with van der Waals surface area (Å²) in [6.45, 7) is 0.519. The number of benzene rings is 2. The standard InChI is InChI=1S/C21H23ClN2O5S/c1-29-21(26)18-12-17(9-10-19(18)22)23-20(25)16-8-5-11-24(13-16)30(27,28)14-15-6-3-2-4-7-15/h2-4,6-7,9-10,12,16H,5,8,11,13-14H2,1H3,(H,23,25)/t16-/m0/s1. The summed E-state index contributed by atoms with van der Waals surface area (Å²) < 4.78 is 31.7. The maximum absolute atomic E-state index is 12.8. The largest absolute Gasteiger partial charge is 0.465 e. The van der Waals surface area contributed by atoms with Crippen molar-refractivity contribution < 1.29 is 22.7 Å². The van der Waals surface area contributed by atoms with Crippen molar-refractivity contribution in [2.75, 3.05) is 25.5 Å². The lowest BCUT2D eigenvalue weighted by Gasteiger charge is -2.31. The number of piperidine rings is 1. The summed E-state index contributed by atoms with van der Waals surface area (Å²) in [7, 11) is -2.28. The number of nitrogens with zero attached hydrogens (tertiary/aromatic N) is 1. The van der Waals surface area contributed by atoms with Gasteiger partial charge in [-0.3, -0.25) is 4.79 Å². The van der Waals surface area contributed by atoms with Gasteiger partial charge in [-0.15, -0.1) is 0 Å². The SMILES string of the molecule is COC(=O)c1cc(NC(=O)[C@H]2CCCN(S(=O)(=O)Cc3ccccc3)C2)ccc1Cl. The Morgan fingerprint density at radius 3 is 2.63 bits per heavy atom. The van der Waals surface area contributed by atoms with E-state index in [1.807, 2.05) is 6.07 Å². The molecule has 0 aromatic heterocycles. The molecule has 160 valence electrons. The fourth-order valence-electron chi connectivity index (χ4n) is 3.40. The Balaban J connectivity index is 1.68. The van der Waals surface area contributed by atoms with E-state index in [1.165, 1.54) is 23.5 Å². The van der Waals surface area contributed by atoms with Crippen LogP contribution in [0.25, 0.3) is 0 Å². The molecule has 7 nitrogen and oxygen atoms in total. The molecule has 1 atom stereocenters. The average Bonchev–Trinajstić information content (AvgIpc) is 2.75. The molecule has 0 aliphatic carbocycles. The number of nitrogens with one attached hydrogen (secondary N) is 1. The van der Waals surface area contributed by atoms with E-state index >= 15 is 0 Å². The van der Waals surface area contributed by atoms with E-state index in [1.54, 1.807) is 30.3 Å². The Morgan fingerprint density at radius 1 is 1.20 bits per heavy atom. The maximum atomic E-state index is 12.8. The van der Waals surface area contributed by atoms with Crippen LogP contribution in [0.1, 0.15) is 28.8 Å². The van der Waals surface area contributed by atoms with Crippen LogP contribution >= 0.6 is 11.6 Å². The van der Waals surface area contributed by atoms with Gasteiger partial charge in [0.1, 0.15) is 0 Å². The van der Waals surface area contributed by atoms with E-state index in [0.29, 0.717) is 30.6 Å². The Hall–Kier alpha value is -2.42. The van der Waals surface area contributed by atoms with Gasteiger partial charge in [0.05, 0.1) is 29.4 Å². The number of anilines is 1. The fourth-order valence-corrected chi connectivity index (χ4v) is 5.20. The molecule has 1 saturated heterocycles. The zero-order valence-corrected chi connectivity index (χ0v) is 18.1. The minimum absolute atomic E-state index is 0.0954. The molecule has 1 amide bonds. The van der Waals surface area contributed by atoms with Gasteiger partial charge in [-0.25, -0.2) is 17.5 Å². The van der Waals surface area contributed by atoms with Crippen LogP contribution in [0.5, 0.6) is 0 Å². The van der Waals surface area contributed by atoms with Crippen LogP contribution in [0, 0.1) is 5.92 Å². The minimum Gasteiger partial charge on any atom is -0.465 e. The molecule has 0 bridgehead atoms. The predicted octanol–water partition coefficient (Wildman–Crippen LogP) is 3.31. The molecule has 2 aromatic rings. The number of sulfonamides is 1. The predicted molar refractivity (Wildman–Crippen MR) is 115 cm³/mol. The average molecular weight is 451 g/mol. The third kappa shape index (κ3) is 5.38. The number of amides is 1. The number of hydrogen-bond acceptors (Lipinski definition) is 5. The summed E-state index contributed by atoms with van der Waals surface area (Å²) >= 11 is 6.00. The quantitative estimate of drug-likeness (QED) is 0.681. The summed E-state index contributed by atoms with van der Waals surface area (Å²) in [4.78, 5) is 24.5. The molecule has 0 radical (unpaired) electrons. The Morgan fingerprint density at radius 2 is 1.93 bits per heavy atom. The summed E-state index contributed by atoms with van der Waals surface area (Å²) in [6.07, 6.45) is 1.18. The number of esters is 1. The van der Waals surface area contributed by atoms with E-state index in [2.05, 4.69) is 10.1 Å². The molecule has 1 heterocycles. The molecule has 30 heavy (non-hydrogen) atoms. The highest BCUT2D eigenvalue weighted by molar-refractivity contribution is 7.88. The molecule has 1 aliphatic heterocycles. The van der Waals surface area contributed by atoms with E-state index < -0.39 is 21.9 Å². The highest BCUT2D eigenvalue weighted by Crippen LogP contribution is 2.25. The van der Waals surface area contributed by atoms with Gasteiger partial charge < -0.3 is 10.1 Å². The third-order valence-corrected chi connectivity index (χ3v) is 7.13. The first-order chi connectivity index (χ1) is 14.3. The maximum Gasteiger partial charge on any atom is 0.339 e. The molecule has 0 saturated carbocycles. The zero-order valence-electron chi connectivity index (χ0n) is 16.5. The lowest BCUT2D eigenvalue weighted by atomic mass is 9.98. The van der Waals surface area contributed by atoms with E-state index in [4.69, 9.17) is 11.6 Å². The number of rotatable bonds is 6. The second-order valence-corrected chi connectivity index (χ2v) is 9.49. The number of carbonyl (C=O) groups is 2. The van der Waals surface area contributed by atoms with Crippen LogP contribution in [-0.2, 0) is 25.3 Å². The normalized spacial score (nSPS) is 17.3. The Labute approximate surface area is 181 Å². The van der Waals surface area contributed by atoms with Crippen molar-refractivity contribution >= 4 is 39.2 Å². The van der Waals surface area contributed by atoms with Crippen molar-refractivity contribution in [2.24, 2.45) is 5.92 Å². The smallest absolute Gasteiger partial charge is 0.339 e. The van der Waals surface area contributed by atoms with Crippen LogP contribution in [-0.4, -0.2) is 44.8 Å². The molecule has 0 spiro atoms. The van der Waals surface area contributed by atoms with Gasteiger partial charge in [-0.1, -0.05) is 41.9 Å². The highest BCUT2D eigenvalue weighted by atomic mass is 35.5. The summed E-state index contributed by atoms with van der Waals surface area (Å²) in [5.74, 6) is -1.48. The number of methoxy groups -OCH3 is 1. The van der Waals surface area contributed by atoms with Crippen LogP contribution in [0.15, 0.2) is 48.5 Å². The lowest BCUT2D eigenvalue weighted by molar-refractivity contribution is -0.120. The van der Waals surface area contributed by atoms with Gasteiger partial charge in [0, 0.05) is 18.8 Å². The van der Waals surface area contributed by atoms with Crippen molar-refractivity contribution in [3.05, 3.63) is 64.7 Å². The molecular formula is C21H23ClN2O5S. The Kier molecular flexibility index (Phi) is 7.12. The number of ether oxygens (including phenoxy) is 1. The first-order valence-corrected chi connectivity index (χ1v) is 11.5. The van der Waals surface area contributed by atoms with Gasteiger partial charge in [0.15, 0.2) is 0 Å². The van der Waals surface area contributed by atoms with Crippen molar-refractivity contribution in [1.29, 1.82) is 0 Å². The van der Waals surface area contributed by atoms with E-state index in [0.717, 1.165) is 0 Å². The second-order valence-electron chi connectivity index (χ2n) is 7.11. The Bertz CT molecular complexity index is 1030. The first-order valence-electron chi connectivity index (χ1n) is 9.50. The minimum atomic E-state index is -3.53. The second kappa shape index (κ2) is 9.59. The summed E-state index contributed by atoms with van der Waals surface area (Å²) in [5, 5.41) is 2.97. The van der Waals surface area contributed by atoms with Crippen LogP contribution in [0.3, 0.4) is 0 Å². The van der Waals surface area contributed by atoms with Crippen LogP contribution in [0.4, 0.5) is 5.69 Å². The molecular weight excluding hydrogens is 428 g/mol. The van der Waals surface area contributed by atoms with Crippen molar-refractivity contribution in [2.45, 2.75) is 18.6 Å². The van der Waals surface area contributed by atoms with E-state index in [-0.39, 0.29) is 28.8 Å². The molecule has 1 aliphatic rings. The van der Waals surface area contributed by atoms with Crippen LogP contribution in [0.2, 0.25) is 5.02 Å². The highest BCUT2D eigenvalue weighted by Gasteiger charge is 2.32. The van der Waals surface area contributed by atoms with Crippen LogP contribution < -0.4 is 5.32 Å². The van der Waals surface area contributed by atoms with Gasteiger partial charge >= 0.3 is 5.97 Å². The van der Waals surface area contributed by atoms with Crippen molar-refractivity contribution in [3.63, 3.8) is 0 Å². The first kappa shape index (κ1) is 22.3. The number of halogens is 1. The number of carbonyl (C=O) groups excluding carboxylic acids is 2. The molecule has 1 fully saturated rings. The molecule has 2 aromatic carbocycles. The number of hydrogen-bond donors (Lipinski definition) is 1. The topological polar surface area (TPSA) is 92.8 Å². The van der Waals surface area contributed by atoms with Gasteiger partial charge in [0.25, 0.3) is 0 Å². The summed E-state index contributed by atoms with van der Waals surface area (Å²) in [6, 6.07) is 13.5. The van der Waals surface area contributed by atoms with E-state index in [9.17, 15) is 18.0 Å². The summed E-state index contributed by atoms with van der Waals surface area (Å²) in [5.41, 5.74) is 1.25. The lowest BCUT2D eigenvalue weighted by Crippen LogP contribution is -2.44. The van der Waals surface area contributed by atoms with Gasteiger partial charge in [0.2, 0.25) is 15.9 Å². The van der Waals surface area contributed by atoms with Gasteiger partial charge in [-0.05, 0) is 36.6 Å². The molecule has 9 heteroatoms. The molecule has 1 N–H and O–H groups in total.